The lowest BCUT2D eigenvalue weighted by Gasteiger charge is -2.09. The van der Waals surface area contributed by atoms with Crippen molar-refractivity contribution in [3.63, 3.8) is 0 Å². The van der Waals surface area contributed by atoms with Crippen LogP contribution in [0.2, 0.25) is 0 Å². The van der Waals surface area contributed by atoms with Crippen LogP contribution in [0, 0.1) is 0 Å². The third kappa shape index (κ3) is 2.93. The summed E-state index contributed by atoms with van der Waals surface area (Å²) in [6, 6.07) is 10.2. The molecule has 96 valence electrons. The van der Waals surface area contributed by atoms with Gasteiger partial charge < -0.3 is 15.3 Å². The molecule has 0 fully saturated rings. The van der Waals surface area contributed by atoms with Gasteiger partial charge in [-0.15, -0.1) is 0 Å². The highest BCUT2D eigenvalue weighted by Crippen LogP contribution is 2.25. The summed E-state index contributed by atoms with van der Waals surface area (Å²) in [5, 5.41) is 29.9. The van der Waals surface area contributed by atoms with Crippen molar-refractivity contribution in [3.05, 3.63) is 59.7 Å². The summed E-state index contributed by atoms with van der Waals surface area (Å²) in [7, 11) is 0. The number of hydrogen-bond donors (Lipinski definition) is 2. The Labute approximate surface area is 109 Å². The lowest BCUT2D eigenvalue weighted by molar-refractivity contribution is -0.268. The molecule has 0 aromatic heterocycles. The lowest BCUT2D eigenvalue weighted by Crippen LogP contribution is -2.01. The second-order valence-corrected chi connectivity index (χ2v) is 3.94. The van der Waals surface area contributed by atoms with Crippen molar-refractivity contribution >= 4 is 11.9 Å². The van der Waals surface area contributed by atoms with Gasteiger partial charge >= 0.3 is 0 Å². The largest absolute Gasteiger partial charge is 0.872 e. The number of para-hydroxylation sites is 1. The van der Waals surface area contributed by atoms with E-state index in [1.807, 2.05) is 0 Å². The van der Waals surface area contributed by atoms with E-state index in [0.29, 0.717) is 5.56 Å². The molecule has 2 aromatic rings. The third-order valence-corrected chi connectivity index (χ3v) is 2.58. The molecule has 0 radical (unpaired) electrons. The number of ketones is 1. The number of aromatic hydroxyl groups is 2. The summed E-state index contributed by atoms with van der Waals surface area (Å²) in [6.45, 7) is 0. The van der Waals surface area contributed by atoms with Crippen LogP contribution in [0.4, 0.5) is 0 Å². The normalized spacial score (nSPS) is 10.7. The highest BCUT2D eigenvalue weighted by molar-refractivity contribution is 6.08. The smallest absolute Gasteiger partial charge is 0.185 e. The van der Waals surface area contributed by atoms with Crippen LogP contribution in [0.15, 0.2) is 48.5 Å². The van der Waals surface area contributed by atoms with Crippen molar-refractivity contribution in [2.45, 2.75) is 0 Å². The monoisotopic (exact) mass is 255 g/mol. The Bertz CT molecular complexity index is 644. The second kappa shape index (κ2) is 5.27. The summed E-state index contributed by atoms with van der Waals surface area (Å²) >= 11 is 0. The molecular formula is C15H11O4-. The topological polar surface area (TPSA) is 80.6 Å². The highest BCUT2D eigenvalue weighted by Gasteiger charge is 2.02. The van der Waals surface area contributed by atoms with Crippen LogP contribution in [0.3, 0.4) is 0 Å². The Hall–Kier alpha value is -2.75. The molecule has 0 saturated heterocycles. The number of carbonyl (C=O) groups is 1. The second-order valence-electron chi connectivity index (χ2n) is 3.94. The first-order valence-electron chi connectivity index (χ1n) is 5.58. The van der Waals surface area contributed by atoms with Crippen LogP contribution in [0.5, 0.6) is 17.2 Å². The van der Waals surface area contributed by atoms with Crippen molar-refractivity contribution in [2.75, 3.05) is 0 Å². The van der Waals surface area contributed by atoms with Crippen LogP contribution in [-0.2, 0) is 0 Å². The molecule has 2 rings (SSSR count). The molecule has 0 atom stereocenters. The SMILES string of the molecule is O=C(/C=C/c1ccc(O)c(O)c1)c1ccccc1[O-]. The number of carbonyl (C=O) groups excluding carboxylic acids is 1. The number of phenolic OH excluding ortho intramolecular Hbond substituents is 2. The minimum absolute atomic E-state index is 0.0988. The minimum atomic E-state index is -0.404. The van der Waals surface area contributed by atoms with Gasteiger partial charge in [-0.25, -0.2) is 0 Å². The van der Waals surface area contributed by atoms with E-state index in [1.165, 1.54) is 36.4 Å². The maximum absolute atomic E-state index is 11.8. The minimum Gasteiger partial charge on any atom is -0.872 e. The maximum Gasteiger partial charge on any atom is 0.185 e. The van der Waals surface area contributed by atoms with Crippen molar-refractivity contribution in [3.8, 4) is 17.2 Å². The van der Waals surface area contributed by atoms with Crippen LogP contribution < -0.4 is 5.11 Å². The fraction of sp³-hybridized carbons (Fsp3) is 0. The number of phenols is 2. The molecule has 2 N–H and O–H groups in total. The first-order valence-corrected chi connectivity index (χ1v) is 5.58. The van der Waals surface area contributed by atoms with Gasteiger partial charge in [-0.05, 0) is 23.8 Å². The van der Waals surface area contributed by atoms with Gasteiger partial charge in [-0.2, -0.15) is 0 Å². The van der Waals surface area contributed by atoms with Gasteiger partial charge in [0.25, 0.3) is 0 Å². The average Bonchev–Trinajstić information content (AvgIpc) is 2.40. The average molecular weight is 255 g/mol. The first-order chi connectivity index (χ1) is 9.08. The molecule has 0 saturated carbocycles. The molecule has 0 unspecified atom stereocenters. The van der Waals surface area contributed by atoms with E-state index < -0.39 is 5.78 Å². The zero-order valence-corrected chi connectivity index (χ0v) is 9.91. The summed E-state index contributed by atoms with van der Waals surface area (Å²) in [5.41, 5.74) is 0.647. The fourth-order valence-electron chi connectivity index (χ4n) is 1.58. The van der Waals surface area contributed by atoms with E-state index in [0.717, 1.165) is 0 Å². The summed E-state index contributed by atoms with van der Waals surface area (Å²) in [5.74, 6) is -1.23. The third-order valence-electron chi connectivity index (χ3n) is 2.58. The van der Waals surface area contributed by atoms with Crippen LogP contribution in [-0.4, -0.2) is 16.0 Å². The molecule has 4 nitrogen and oxygen atoms in total. The van der Waals surface area contributed by atoms with Gasteiger partial charge in [0, 0.05) is 5.56 Å². The zero-order chi connectivity index (χ0) is 13.8. The Kier molecular flexibility index (Phi) is 3.52. The van der Waals surface area contributed by atoms with Crippen molar-refractivity contribution in [1.29, 1.82) is 0 Å². The van der Waals surface area contributed by atoms with E-state index in [1.54, 1.807) is 18.2 Å². The number of hydrogen-bond acceptors (Lipinski definition) is 4. The van der Waals surface area contributed by atoms with Gasteiger partial charge in [0.05, 0.1) is 0 Å². The quantitative estimate of drug-likeness (QED) is 0.500. The van der Waals surface area contributed by atoms with Gasteiger partial charge in [-0.3, -0.25) is 4.79 Å². The Morgan fingerprint density at radius 2 is 1.79 bits per heavy atom. The van der Waals surface area contributed by atoms with E-state index in [-0.39, 0.29) is 22.8 Å². The van der Waals surface area contributed by atoms with Gasteiger partial charge in [-0.1, -0.05) is 42.2 Å². The molecule has 2 aromatic carbocycles. The van der Waals surface area contributed by atoms with E-state index in [4.69, 9.17) is 5.11 Å². The molecule has 0 bridgehead atoms. The van der Waals surface area contributed by atoms with Gasteiger partial charge in [0.1, 0.15) is 0 Å². The van der Waals surface area contributed by atoms with E-state index in [9.17, 15) is 15.0 Å². The van der Waals surface area contributed by atoms with Crippen LogP contribution in [0.25, 0.3) is 6.08 Å². The summed E-state index contributed by atoms with van der Waals surface area (Å²) < 4.78 is 0. The fourth-order valence-corrected chi connectivity index (χ4v) is 1.58. The lowest BCUT2D eigenvalue weighted by atomic mass is 10.1. The number of allylic oxidation sites excluding steroid dienone is 1. The first kappa shape index (κ1) is 12.7. The number of rotatable bonds is 3. The highest BCUT2D eigenvalue weighted by atomic mass is 16.3. The predicted octanol–water partition coefficient (Wildman–Crippen LogP) is 2.07. The predicted molar refractivity (Wildman–Crippen MR) is 69.0 cm³/mol. The zero-order valence-electron chi connectivity index (χ0n) is 9.91. The molecule has 0 aliphatic heterocycles. The summed E-state index contributed by atoms with van der Waals surface area (Å²) in [6.07, 6.45) is 2.72. The van der Waals surface area contributed by atoms with E-state index in [2.05, 4.69) is 0 Å². The molecule has 4 heteroatoms. The standard InChI is InChI=1S/C15H12O4/c16-12-4-2-1-3-11(12)13(17)7-5-10-6-8-14(18)15(19)9-10/h1-9,16,18-19H/p-1/b7-5+. The molecule has 0 spiro atoms. The molecule has 19 heavy (non-hydrogen) atoms. The Balaban J connectivity index is 2.21. The van der Waals surface area contributed by atoms with Crippen molar-refractivity contribution in [1.82, 2.24) is 0 Å². The maximum atomic E-state index is 11.8. The Morgan fingerprint density at radius 3 is 2.47 bits per heavy atom. The molecule has 0 heterocycles. The summed E-state index contributed by atoms with van der Waals surface area (Å²) in [4.78, 5) is 11.8. The molecule has 0 aliphatic carbocycles. The molecular weight excluding hydrogens is 244 g/mol. The molecule has 0 amide bonds. The van der Waals surface area contributed by atoms with Crippen molar-refractivity contribution < 1.29 is 20.1 Å². The number of benzene rings is 2. The van der Waals surface area contributed by atoms with E-state index >= 15 is 0 Å². The Morgan fingerprint density at radius 1 is 1.05 bits per heavy atom. The van der Waals surface area contributed by atoms with Crippen molar-refractivity contribution in [2.24, 2.45) is 0 Å². The van der Waals surface area contributed by atoms with Crippen LogP contribution >= 0.6 is 0 Å². The van der Waals surface area contributed by atoms with Crippen LogP contribution in [0.1, 0.15) is 15.9 Å². The molecule has 0 aliphatic rings. The van der Waals surface area contributed by atoms with Gasteiger partial charge in [0.2, 0.25) is 0 Å². The van der Waals surface area contributed by atoms with Gasteiger partial charge in [0.15, 0.2) is 17.3 Å².